The van der Waals surface area contributed by atoms with Crippen LogP contribution in [0, 0.1) is 6.85 Å². The maximum Gasteiger partial charge on any atom is 0.149 e. The van der Waals surface area contributed by atoms with E-state index in [9.17, 15) is 0 Å². The van der Waals surface area contributed by atoms with Gasteiger partial charge in [0.1, 0.15) is 17.0 Å². The monoisotopic (exact) mass is 613 g/mol. The van der Waals surface area contributed by atoms with Crippen LogP contribution in [0.2, 0.25) is 0 Å². The Labute approximate surface area is 280 Å². The first-order valence-electron chi connectivity index (χ1n) is 17.9. The molecule has 0 unspecified atom stereocenters. The summed E-state index contributed by atoms with van der Waals surface area (Å²) in [5.41, 5.74) is 12.2. The van der Waals surface area contributed by atoms with Gasteiger partial charge in [-0.3, -0.25) is 4.57 Å². The van der Waals surface area contributed by atoms with Gasteiger partial charge < -0.3 is 4.42 Å². The molecule has 2 aromatic heterocycles. The van der Waals surface area contributed by atoms with Crippen LogP contribution in [0.4, 0.5) is 0 Å². The van der Waals surface area contributed by atoms with Gasteiger partial charge >= 0.3 is 0 Å². The van der Waals surface area contributed by atoms with Crippen LogP contribution in [0.15, 0.2) is 132 Å². The molecule has 0 spiro atoms. The van der Waals surface area contributed by atoms with Crippen molar-refractivity contribution in [2.24, 2.45) is 0 Å². The Morgan fingerprint density at radius 2 is 1.23 bits per heavy atom. The van der Waals surface area contributed by atoms with Crippen molar-refractivity contribution in [1.82, 2.24) is 9.55 Å². The molecular weight excluding hydrogens is 572 g/mol. The molecule has 0 atom stereocenters. The number of furan rings is 1. The molecule has 0 aliphatic heterocycles. The van der Waals surface area contributed by atoms with Crippen LogP contribution in [0.25, 0.3) is 72.3 Å². The molecule has 3 heteroatoms. The molecule has 0 radical (unpaired) electrons. The largest absolute Gasteiger partial charge is 0.455 e. The lowest BCUT2D eigenvalue weighted by molar-refractivity contribution is 0.669. The number of fused-ring (bicyclic) bond motifs is 4. The van der Waals surface area contributed by atoms with Gasteiger partial charge in [0.05, 0.1) is 22.3 Å². The highest BCUT2D eigenvalue weighted by atomic mass is 16.3. The summed E-state index contributed by atoms with van der Waals surface area (Å²) in [5.74, 6) is 1.02. The second-order valence-electron chi connectivity index (χ2n) is 13.0. The number of rotatable bonds is 6. The summed E-state index contributed by atoms with van der Waals surface area (Å²) >= 11 is 0. The molecule has 0 fully saturated rings. The molecule has 8 rings (SSSR count). The average molecular weight is 614 g/mol. The Hall–Kier alpha value is -5.41. The minimum absolute atomic E-state index is 0.181. The van der Waals surface area contributed by atoms with E-state index >= 15 is 0 Å². The lowest BCUT2D eigenvalue weighted by Gasteiger charge is -2.24. The van der Waals surface area contributed by atoms with Gasteiger partial charge in [0.2, 0.25) is 0 Å². The standard InChI is InChI=1S/C44H38N2O/c1-27(2)35-25-33(32-21-19-31(20-22-32)30-13-7-6-8-14-30)26-36(28(3)4)42(35)46-40-17-11-10-16-39(40)45-44(46)38-24-29(5)23-37-34-15-9-12-18-41(34)47-43(37)38/h6-28H,1-5H3/i5D3. The summed E-state index contributed by atoms with van der Waals surface area (Å²) in [6.07, 6.45) is 0. The fourth-order valence-corrected chi connectivity index (χ4v) is 6.90. The van der Waals surface area contributed by atoms with Gasteiger partial charge in [-0.05, 0) is 100 Å². The van der Waals surface area contributed by atoms with E-state index in [1.54, 1.807) is 12.1 Å². The van der Waals surface area contributed by atoms with E-state index in [0.29, 0.717) is 22.6 Å². The fraction of sp³-hybridized carbons (Fsp3) is 0.159. The number of aromatic nitrogens is 2. The van der Waals surface area contributed by atoms with Gasteiger partial charge in [0.25, 0.3) is 0 Å². The predicted octanol–water partition coefficient (Wildman–Crippen LogP) is 12.5. The number of hydrogen-bond acceptors (Lipinski definition) is 2. The van der Waals surface area contributed by atoms with Crippen molar-refractivity contribution < 1.29 is 8.53 Å². The van der Waals surface area contributed by atoms with Crippen LogP contribution >= 0.6 is 0 Å². The van der Waals surface area contributed by atoms with Crippen molar-refractivity contribution in [3.63, 3.8) is 0 Å². The number of aryl methyl sites for hydroxylation is 1. The zero-order valence-corrected chi connectivity index (χ0v) is 27.1. The van der Waals surface area contributed by atoms with Crippen LogP contribution in [-0.4, -0.2) is 9.55 Å². The zero-order valence-electron chi connectivity index (χ0n) is 30.1. The van der Waals surface area contributed by atoms with Gasteiger partial charge in [-0.1, -0.05) is 113 Å². The predicted molar refractivity (Wildman–Crippen MR) is 198 cm³/mol. The van der Waals surface area contributed by atoms with E-state index in [0.717, 1.165) is 38.6 Å². The molecule has 47 heavy (non-hydrogen) atoms. The van der Waals surface area contributed by atoms with Gasteiger partial charge in [0, 0.05) is 14.9 Å². The number of para-hydroxylation sites is 3. The van der Waals surface area contributed by atoms with Gasteiger partial charge in [-0.15, -0.1) is 0 Å². The summed E-state index contributed by atoms with van der Waals surface area (Å²) in [6, 6.07) is 43.3. The third kappa shape index (κ3) is 4.94. The van der Waals surface area contributed by atoms with Crippen molar-refractivity contribution in [3.05, 3.63) is 144 Å². The maximum absolute atomic E-state index is 8.42. The highest BCUT2D eigenvalue weighted by molar-refractivity contribution is 6.10. The Morgan fingerprint density at radius 1 is 0.617 bits per heavy atom. The van der Waals surface area contributed by atoms with Gasteiger partial charge in [-0.2, -0.15) is 0 Å². The normalized spacial score (nSPS) is 13.1. The Bertz CT molecular complexity index is 2490. The first kappa shape index (κ1) is 25.7. The van der Waals surface area contributed by atoms with Crippen LogP contribution in [0.3, 0.4) is 0 Å². The highest BCUT2D eigenvalue weighted by Gasteiger charge is 2.25. The van der Waals surface area contributed by atoms with Crippen molar-refractivity contribution >= 4 is 33.0 Å². The highest BCUT2D eigenvalue weighted by Crippen LogP contribution is 2.43. The van der Waals surface area contributed by atoms with Crippen molar-refractivity contribution in [2.45, 2.75) is 46.4 Å². The first-order chi connectivity index (χ1) is 24.1. The molecule has 0 saturated carbocycles. The summed E-state index contributed by atoms with van der Waals surface area (Å²) < 4.78 is 34.0. The summed E-state index contributed by atoms with van der Waals surface area (Å²) in [6.45, 7) is 6.61. The minimum Gasteiger partial charge on any atom is -0.455 e. The lowest BCUT2D eigenvalue weighted by Crippen LogP contribution is -2.09. The van der Waals surface area contributed by atoms with E-state index in [1.165, 1.54) is 22.3 Å². The number of hydrogen-bond donors (Lipinski definition) is 0. The fourth-order valence-electron chi connectivity index (χ4n) is 6.90. The van der Waals surface area contributed by atoms with E-state index in [4.69, 9.17) is 13.5 Å². The molecule has 0 saturated heterocycles. The quantitative estimate of drug-likeness (QED) is 0.187. The van der Waals surface area contributed by atoms with Crippen molar-refractivity contribution in [1.29, 1.82) is 0 Å². The molecule has 0 amide bonds. The second-order valence-corrected chi connectivity index (χ2v) is 13.0. The van der Waals surface area contributed by atoms with Crippen LogP contribution in [0.1, 0.15) is 60.3 Å². The van der Waals surface area contributed by atoms with E-state index < -0.39 is 6.85 Å². The third-order valence-corrected chi connectivity index (χ3v) is 9.24. The first-order valence-corrected chi connectivity index (χ1v) is 16.4. The molecule has 6 aromatic carbocycles. The Kier molecular flexibility index (Phi) is 6.26. The summed E-state index contributed by atoms with van der Waals surface area (Å²) in [5, 5.41) is 1.65. The molecular formula is C44H38N2O. The smallest absolute Gasteiger partial charge is 0.149 e. The lowest BCUT2D eigenvalue weighted by atomic mass is 9.87. The SMILES string of the molecule is [2H]C([2H])([2H])c1cc(-c2nc3ccccc3n2-c2c(C(C)C)cc(-c3ccc(-c4ccccc4)cc3)cc2C(C)C)c2oc3ccccc3c2c1. The molecule has 2 heterocycles. The van der Waals surface area contributed by atoms with Crippen molar-refractivity contribution in [2.75, 3.05) is 0 Å². The molecule has 0 aliphatic carbocycles. The average Bonchev–Trinajstić information content (AvgIpc) is 3.69. The van der Waals surface area contributed by atoms with E-state index in [1.807, 2.05) is 48.5 Å². The minimum atomic E-state index is -2.32. The van der Waals surface area contributed by atoms with Crippen LogP contribution in [-0.2, 0) is 0 Å². The topological polar surface area (TPSA) is 31.0 Å². The Balaban J connectivity index is 1.41. The number of nitrogens with zero attached hydrogens (tertiary/aromatic N) is 2. The summed E-state index contributed by atoms with van der Waals surface area (Å²) in [4.78, 5) is 5.24. The number of imidazole rings is 1. The van der Waals surface area contributed by atoms with Gasteiger partial charge in [-0.25, -0.2) is 4.98 Å². The molecule has 8 aromatic rings. The van der Waals surface area contributed by atoms with Gasteiger partial charge in [0.15, 0.2) is 0 Å². The molecule has 230 valence electrons. The van der Waals surface area contributed by atoms with Crippen LogP contribution < -0.4 is 0 Å². The molecule has 3 nitrogen and oxygen atoms in total. The molecule has 0 aliphatic rings. The van der Waals surface area contributed by atoms with Crippen molar-refractivity contribution in [3.8, 4) is 39.3 Å². The number of benzene rings is 6. The zero-order chi connectivity index (χ0) is 34.7. The van der Waals surface area contributed by atoms with E-state index in [-0.39, 0.29) is 17.4 Å². The molecule has 0 bridgehead atoms. The maximum atomic E-state index is 8.42. The van der Waals surface area contributed by atoms with Crippen LogP contribution in [0.5, 0.6) is 0 Å². The van der Waals surface area contributed by atoms with E-state index in [2.05, 4.69) is 99.0 Å². The third-order valence-electron chi connectivity index (χ3n) is 9.24. The second kappa shape index (κ2) is 11.4. The Morgan fingerprint density at radius 3 is 1.94 bits per heavy atom. The summed E-state index contributed by atoms with van der Waals surface area (Å²) in [7, 11) is 0. The molecule has 0 N–H and O–H groups in total.